The average Bonchev–Trinajstić information content (AvgIpc) is 2.85. The van der Waals surface area contributed by atoms with Crippen LogP contribution >= 0.6 is 0 Å². The number of fused-ring (bicyclic) bond motifs is 1. The van der Waals surface area contributed by atoms with E-state index in [2.05, 4.69) is 22.4 Å². The van der Waals surface area contributed by atoms with Gasteiger partial charge in [-0.05, 0) is 25.0 Å². The van der Waals surface area contributed by atoms with Crippen LogP contribution < -0.4 is 5.32 Å². The van der Waals surface area contributed by atoms with Crippen molar-refractivity contribution in [2.75, 3.05) is 6.54 Å². The smallest absolute Gasteiger partial charge is 0.167 e. The third-order valence-corrected chi connectivity index (χ3v) is 3.66. The second kappa shape index (κ2) is 4.74. The van der Waals surface area contributed by atoms with E-state index in [9.17, 15) is 4.39 Å². The van der Waals surface area contributed by atoms with Crippen LogP contribution in [-0.4, -0.2) is 21.3 Å². The Labute approximate surface area is 111 Å². The van der Waals surface area contributed by atoms with E-state index >= 15 is 0 Å². The minimum Gasteiger partial charge on any atom is -0.308 e. The molecular weight excluding hydrogens is 243 g/mol. The monoisotopic (exact) mass is 260 g/mol. The number of aryl methyl sites for hydroxylation is 1. The van der Waals surface area contributed by atoms with Gasteiger partial charge in [0.1, 0.15) is 5.82 Å². The third kappa shape index (κ3) is 1.94. The lowest BCUT2D eigenvalue weighted by Gasteiger charge is -2.24. The van der Waals surface area contributed by atoms with Gasteiger partial charge in [-0.3, -0.25) is 0 Å². The lowest BCUT2D eigenvalue weighted by atomic mass is 10.1. The van der Waals surface area contributed by atoms with E-state index in [0.29, 0.717) is 17.0 Å². The zero-order valence-corrected chi connectivity index (χ0v) is 11.2. The molecule has 1 aliphatic heterocycles. The number of benzene rings is 1. The molecule has 0 fully saturated rings. The number of halogens is 1. The molecule has 0 saturated carbocycles. The van der Waals surface area contributed by atoms with Crippen LogP contribution in [0.15, 0.2) is 18.2 Å². The molecule has 1 aliphatic rings. The van der Waals surface area contributed by atoms with E-state index in [1.54, 1.807) is 19.1 Å². The fraction of sp³-hybridized carbons (Fsp3) is 0.429. The van der Waals surface area contributed by atoms with Crippen molar-refractivity contribution in [1.29, 1.82) is 0 Å². The molecule has 1 unspecified atom stereocenters. The number of rotatable bonds is 2. The first kappa shape index (κ1) is 12.3. The van der Waals surface area contributed by atoms with Crippen molar-refractivity contribution in [1.82, 2.24) is 20.1 Å². The molecule has 0 aliphatic carbocycles. The van der Waals surface area contributed by atoms with Crippen molar-refractivity contribution in [3.05, 3.63) is 35.4 Å². The maximum absolute atomic E-state index is 14.2. The third-order valence-electron chi connectivity index (χ3n) is 3.66. The minimum absolute atomic E-state index is 0.204. The largest absolute Gasteiger partial charge is 0.308 e. The summed E-state index contributed by atoms with van der Waals surface area (Å²) >= 11 is 0. The van der Waals surface area contributed by atoms with E-state index in [0.717, 1.165) is 25.3 Å². The predicted molar refractivity (Wildman–Crippen MR) is 71.2 cm³/mol. The van der Waals surface area contributed by atoms with Crippen LogP contribution in [0.2, 0.25) is 0 Å². The first-order valence-electron chi connectivity index (χ1n) is 6.64. The molecule has 2 heterocycles. The maximum Gasteiger partial charge on any atom is 0.167 e. The quantitative estimate of drug-likeness (QED) is 0.902. The molecule has 1 N–H and O–H groups in total. The van der Waals surface area contributed by atoms with Crippen molar-refractivity contribution < 1.29 is 4.39 Å². The second-order valence-electron chi connectivity index (χ2n) is 4.88. The van der Waals surface area contributed by atoms with Gasteiger partial charge >= 0.3 is 0 Å². The molecule has 19 heavy (non-hydrogen) atoms. The number of aromatic nitrogens is 3. The highest BCUT2D eigenvalue weighted by Gasteiger charge is 2.25. The van der Waals surface area contributed by atoms with Crippen molar-refractivity contribution >= 4 is 0 Å². The van der Waals surface area contributed by atoms with E-state index < -0.39 is 0 Å². The summed E-state index contributed by atoms with van der Waals surface area (Å²) in [6, 6.07) is 5.60. The molecule has 1 aromatic heterocycles. The maximum atomic E-state index is 14.2. The van der Waals surface area contributed by atoms with Gasteiger partial charge in [-0.15, -0.1) is 10.2 Å². The second-order valence-corrected chi connectivity index (χ2v) is 4.88. The van der Waals surface area contributed by atoms with Crippen LogP contribution in [-0.2, 0) is 6.54 Å². The molecule has 100 valence electrons. The first-order chi connectivity index (χ1) is 9.22. The molecule has 3 rings (SSSR count). The molecule has 2 aromatic rings. The van der Waals surface area contributed by atoms with E-state index in [-0.39, 0.29) is 11.9 Å². The number of hydrogen-bond donors (Lipinski definition) is 1. The molecule has 5 heteroatoms. The molecule has 0 spiro atoms. The van der Waals surface area contributed by atoms with E-state index in [1.807, 2.05) is 10.6 Å². The van der Waals surface area contributed by atoms with Crippen molar-refractivity contribution in [2.45, 2.75) is 32.9 Å². The zero-order chi connectivity index (χ0) is 13.4. The van der Waals surface area contributed by atoms with Gasteiger partial charge in [0.2, 0.25) is 0 Å². The van der Waals surface area contributed by atoms with Crippen molar-refractivity contribution in [2.24, 2.45) is 0 Å². The number of hydrogen-bond acceptors (Lipinski definition) is 3. The molecule has 1 aromatic carbocycles. The Morgan fingerprint density at radius 3 is 3.05 bits per heavy atom. The molecule has 0 amide bonds. The average molecular weight is 260 g/mol. The summed E-state index contributed by atoms with van der Waals surface area (Å²) in [5, 5.41) is 11.8. The van der Waals surface area contributed by atoms with Crippen LogP contribution in [0.3, 0.4) is 0 Å². The van der Waals surface area contributed by atoms with Crippen molar-refractivity contribution in [3.63, 3.8) is 0 Å². The van der Waals surface area contributed by atoms with Gasteiger partial charge in [0, 0.05) is 13.1 Å². The van der Waals surface area contributed by atoms with Gasteiger partial charge in [-0.2, -0.15) is 0 Å². The van der Waals surface area contributed by atoms with Crippen LogP contribution in [0, 0.1) is 12.7 Å². The summed E-state index contributed by atoms with van der Waals surface area (Å²) in [5.41, 5.74) is 1.17. The topological polar surface area (TPSA) is 42.7 Å². The summed E-state index contributed by atoms with van der Waals surface area (Å²) in [4.78, 5) is 0. The molecule has 1 atom stereocenters. The molecule has 0 bridgehead atoms. The lowest BCUT2D eigenvalue weighted by Crippen LogP contribution is -2.33. The van der Waals surface area contributed by atoms with Crippen LogP contribution in [0.25, 0.3) is 11.4 Å². The molecule has 0 saturated heterocycles. The van der Waals surface area contributed by atoms with Gasteiger partial charge < -0.3 is 9.88 Å². The Morgan fingerprint density at radius 2 is 2.26 bits per heavy atom. The van der Waals surface area contributed by atoms with Crippen LogP contribution in [0.4, 0.5) is 4.39 Å². The summed E-state index contributed by atoms with van der Waals surface area (Å²) < 4.78 is 16.2. The highest BCUT2D eigenvalue weighted by atomic mass is 19.1. The van der Waals surface area contributed by atoms with Crippen LogP contribution in [0.1, 0.15) is 30.8 Å². The highest BCUT2D eigenvalue weighted by molar-refractivity contribution is 5.58. The van der Waals surface area contributed by atoms with E-state index in [4.69, 9.17) is 0 Å². The van der Waals surface area contributed by atoms with Gasteiger partial charge in [-0.25, -0.2) is 4.39 Å². The Balaban J connectivity index is 2.12. The first-order valence-corrected chi connectivity index (χ1v) is 6.64. The fourth-order valence-electron chi connectivity index (χ4n) is 2.58. The molecular formula is C14H17FN4. The van der Waals surface area contributed by atoms with Gasteiger partial charge in [0.15, 0.2) is 11.6 Å². The summed E-state index contributed by atoms with van der Waals surface area (Å²) in [5.74, 6) is 1.34. The van der Waals surface area contributed by atoms with Gasteiger partial charge in [-0.1, -0.05) is 19.1 Å². The van der Waals surface area contributed by atoms with E-state index in [1.165, 1.54) is 0 Å². The van der Waals surface area contributed by atoms with Gasteiger partial charge in [0.05, 0.1) is 11.6 Å². The normalized spacial score (nSPS) is 18.4. The Morgan fingerprint density at radius 1 is 1.42 bits per heavy atom. The zero-order valence-electron chi connectivity index (χ0n) is 11.2. The minimum atomic E-state index is -0.204. The Kier molecular flexibility index (Phi) is 3.06. The molecule has 0 radical (unpaired) electrons. The summed E-state index contributed by atoms with van der Waals surface area (Å²) in [7, 11) is 0. The predicted octanol–water partition coefficient (Wildman–Crippen LogP) is 2.45. The Bertz CT molecular complexity index is 605. The fourth-order valence-corrected chi connectivity index (χ4v) is 2.58. The standard InChI is InChI=1S/C14H17FN4/c1-3-11-14-18-17-13(19(14)8-7-16-11)10-6-4-5-9(2)12(10)15/h4-6,11,16H,3,7-8H2,1-2H3. The number of nitrogens with one attached hydrogen (secondary N) is 1. The van der Waals surface area contributed by atoms with Crippen LogP contribution in [0.5, 0.6) is 0 Å². The summed E-state index contributed by atoms with van der Waals surface area (Å²) in [6.07, 6.45) is 0.953. The summed E-state index contributed by atoms with van der Waals surface area (Å²) in [6.45, 7) is 5.52. The number of nitrogens with zero attached hydrogens (tertiary/aromatic N) is 3. The lowest BCUT2D eigenvalue weighted by molar-refractivity contribution is 0.407. The Hall–Kier alpha value is -1.75. The highest BCUT2D eigenvalue weighted by Crippen LogP contribution is 2.27. The molecule has 4 nitrogen and oxygen atoms in total. The SMILES string of the molecule is CCC1NCCn2c(-c3cccc(C)c3F)nnc21. The van der Waals surface area contributed by atoms with Crippen molar-refractivity contribution in [3.8, 4) is 11.4 Å². The van der Waals surface area contributed by atoms with Gasteiger partial charge in [0.25, 0.3) is 0 Å².